The molecule has 19 heavy (non-hydrogen) atoms. The van der Waals surface area contributed by atoms with Crippen LogP contribution in [-0.4, -0.2) is 38.1 Å². The minimum Gasteiger partial charge on any atom is -0.371 e. The maximum Gasteiger partial charge on any atom is 0.418 e. The van der Waals surface area contributed by atoms with Crippen molar-refractivity contribution in [2.45, 2.75) is 25.1 Å². The number of hydrogen-bond donors (Lipinski definition) is 0. The van der Waals surface area contributed by atoms with Crippen LogP contribution in [0.25, 0.3) is 0 Å². The van der Waals surface area contributed by atoms with E-state index in [1.165, 1.54) is 6.07 Å². The second-order valence-corrected chi connectivity index (χ2v) is 5.16. The fraction of sp³-hybridized carbons (Fsp3) is 0.571. The first-order chi connectivity index (χ1) is 8.89. The lowest BCUT2D eigenvalue weighted by molar-refractivity contribution is -0.137. The molecule has 1 saturated heterocycles. The van der Waals surface area contributed by atoms with Crippen molar-refractivity contribution in [1.29, 1.82) is 0 Å². The van der Waals surface area contributed by atoms with Crippen LogP contribution < -0.4 is 4.90 Å². The fourth-order valence-corrected chi connectivity index (χ4v) is 2.60. The van der Waals surface area contributed by atoms with Crippen LogP contribution in [0.1, 0.15) is 18.4 Å². The van der Waals surface area contributed by atoms with Crippen molar-refractivity contribution in [2.24, 2.45) is 0 Å². The monoisotopic (exact) mass is 272 g/mol. The predicted molar refractivity (Wildman–Crippen MR) is 70.4 cm³/mol. The molecule has 1 aromatic carbocycles. The third-order valence-electron chi connectivity index (χ3n) is 3.83. The zero-order valence-corrected chi connectivity index (χ0v) is 11.2. The van der Waals surface area contributed by atoms with Gasteiger partial charge in [0, 0.05) is 18.8 Å². The Morgan fingerprint density at radius 2 is 1.74 bits per heavy atom. The van der Waals surface area contributed by atoms with Crippen LogP contribution in [-0.2, 0) is 6.18 Å². The highest BCUT2D eigenvalue weighted by molar-refractivity contribution is 5.55. The normalized spacial score (nSPS) is 18.6. The Labute approximate surface area is 111 Å². The van der Waals surface area contributed by atoms with Crippen molar-refractivity contribution in [3.8, 4) is 0 Å². The number of nitrogens with zero attached hydrogens (tertiary/aromatic N) is 2. The van der Waals surface area contributed by atoms with E-state index in [4.69, 9.17) is 0 Å². The van der Waals surface area contributed by atoms with Gasteiger partial charge in [0.1, 0.15) is 0 Å². The second kappa shape index (κ2) is 5.41. The molecule has 0 radical (unpaired) electrons. The van der Waals surface area contributed by atoms with Crippen LogP contribution in [0.15, 0.2) is 24.3 Å². The van der Waals surface area contributed by atoms with Crippen LogP contribution >= 0.6 is 0 Å². The number of alkyl halides is 3. The van der Waals surface area contributed by atoms with Gasteiger partial charge in [-0.2, -0.15) is 13.2 Å². The molecule has 5 heteroatoms. The van der Waals surface area contributed by atoms with Crippen molar-refractivity contribution < 1.29 is 13.2 Å². The van der Waals surface area contributed by atoms with Gasteiger partial charge in [0.05, 0.1) is 5.56 Å². The van der Waals surface area contributed by atoms with Crippen molar-refractivity contribution in [3.05, 3.63) is 29.8 Å². The summed E-state index contributed by atoms with van der Waals surface area (Å²) in [5.41, 5.74) is -0.263. The summed E-state index contributed by atoms with van der Waals surface area (Å²) >= 11 is 0. The van der Waals surface area contributed by atoms with Crippen LogP contribution in [0.3, 0.4) is 0 Å². The van der Waals surface area contributed by atoms with Gasteiger partial charge in [-0.15, -0.1) is 0 Å². The first-order valence-corrected chi connectivity index (χ1v) is 6.47. The highest BCUT2D eigenvalue weighted by atomic mass is 19.4. The quantitative estimate of drug-likeness (QED) is 0.815. The fourth-order valence-electron chi connectivity index (χ4n) is 2.60. The minimum absolute atomic E-state index is 0.180. The van der Waals surface area contributed by atoms with E-state index in [1.54, 1.807) is 24.1 Å². The van der Waals surface area contributed by atoms with E-state index in [9.17, 15) is 13.2 Å². The molecular weight excluding hydrogens is 253 g/mol. The zero-order valence-electron chi connectivity index (χ0n) is 11.2. The lowest BCUT2D eigenvalue weighted by Gasteiger charge is -2.37. The molecule has 0 spiro atoms. The number of piperidine rings is 1. The van der Waals surface area contributed by atoms with Gasteiger partial charge in [-0.1, -0.05) is 12.1 Å². The largest absolute Gasteiger partial charge is 0.418 e. The van der Waals surface area contributed by atoms with E-state index >= 15 is 0 Å². The SMILES string of the molecule is CN1CCC(N(C)c2ccccc2C(F)(F)F)CC1. The molecule has 0 saturated carbocycles. The second-order valence-electron chi connectivity index (χ2n) is 5.16. The molecule has 2 nitrogen and oxygen atoms in total. The van der Waals surface area contributed by atoms with E-state index in [0.29, 0.717) is 0 Å². The number of anilines is 1. The molecule has 1 heterocycles. The average molecular weight is 272 g/mol. The van der Waals surface area contributed by atoms with Crippen LogP contribution in [0.5, 0.6) is 0 Å². The lowest BCUT2D eigenvalue weighted by atomic mass is 10.0. The third-order valence-corrected chi connectivity index (χ3v) is 3.83. The van der Waals surface area contributed by atoms with Gasteiger partial charge < -0.3 is 9.80 Å². The molecule has 0 amide bonds. The highest BCUT2D eigenvalue weighted by Gasteiger charge is 2.35. The van der Waals surface area contributed by atoms with E-state index in [-0.39, 0.29) is 11.7 Å². The van der Waals surface area contributed by atoms with Crippen LogP contribution in [0.4, 0.5) is 18.9 Å². The Balaban J connectivity index is 2.22. The van der Waals surface area contributed by atoms with E-state index < -0.39 is 11.7 Å². The van der Waals surface area contributed by atoms with Crippen molar-refractivity contribution in [3.63, 3.8) is 0 Å². The molecule has 0 aromatic heterocycles. The summed E-state index contributed by atoms with van der Waals surface area (Å²) < 4.78 is 39.0. The summed E-state index contributed by atoms with van der Waals surface area (Å²) in [5, 5.41) is 0. The summed E-state index contributed by atoms with van der Waals surface area (Å²) in [5.74, 6) is 0. The standard InChI is InChI=1S/C14H19F3N2/c1-18-9-7-11(8-10-18)19(2)13-6-4-3-5-12(13)14(15,16)17/h3-6,11H,7-10H2,1-2H3. The van der Waals surface area contributed by atoms with Gasteiger partial charge in [0.15, 0.2) is 0 Å². The van der Waals surface area contributed by atoms with Crippen molar-refractivity contribution in [2.75, 3.05) is 32.1 Å². The Morgan fingerprint density at radius 3 is 2.32 bits per heavy atom. The molecule has 1 aliphatic heterocycles. The summed E-state index contributed by atoms with van der Waals surface area (Å²) in [6.45, 7) is 1.87. The molecule has 2 rings (SSSR count). The van der Waals surface area contributed by atoms with Gasteiger partial charge in [-0.25, -0.2) is 0 Å². The maximum atomic E-state index is 13.0. The molecule has 0 aliphatic carbocycles. The zero-order chi connectivity index (χ0) is 14.0. The number of para-hydroxylation sites is 1. The van der Waals surface area contributed by atoms with Crippen molar-refractivity contribution in [1.82, 2.24) is 4.90 Å². The van der Waals surface area contributed by atoms with Crippen LogP contribution in [0, 0.1) is 0 Å². The number of benzene rings is 1. The summed E-state index contributed by atoms with van der Waals surface area (Å²) in [6, 6.07) is 5.99. The predicted octanol–water partition coefficient (Wildman–Crippen LogP) is 3.24. The van der Waals surface area contributed by atoms with Gasteiger partial charge in [0.2, 0.25) is 0 Å². The Hall–Kier alpha value is -1.23. The molecule has 0 unspecified atom stereocenters. The molecule has 0 N–H and O–H groups in total. The Morgan fingerprint density at radius 1 is 1.16 bits per heavy atom. The van der Waals surface area contributed by atoms with Crippen LogP contribution in [0.2, 0.25) is 0 Å². The van der Waals surface area contributed by atoms with Crippen molar-refractivity contribution >= 4 is 5.69 Å². The Bertz CT molecular complexity index is 423. The van der Waals surface area contributed by atoms with Gasteiger partial charge in [0.25, 0.3) is 0 Å². The molecule has 0 atom stereocenters. The number of likely N-dealkylation sites (tertiary alicyclic amines) is 1. The minimum atomic E-state index is -4.30. The maximum absolute atomic E-state index is 13.0. The third kappa shape index (κ3) is 3.21. The molecule has 0 bridgehead atoms. The first-order valence-electron chi connectivity index (χ1n) is 6.47. The highest BCUT2D eigenvalue weighted by Crippen LogP contribution is 2.37. The first kappa shape index (κ1) is 14.2. The molecular formula is C14H19F3N2. The summed E-state index contributed by atoms with van der Waals surface area (Å²) in [7, 11) is 3.81. The molecule has 106 valence electrons. The smallest absolute Gasteiger partial charge is 0.371 e. The summed E-state index contributed by atoms with van der Waals surface area (Å²) in [4.78, 5) is 4.00. The number of hydrogen-bond acceptors (Lipinski definition) is 2. The average Bonchev–Trinajstić information content (AvgIpc) is 2.38. The number of rotatable bonds is 2. The Kier molecular flexibility index (Phi) is 4.04. The summed E-state index contributed by atoms with van der Waals surface area (Å²) in [6.07, 6.45) is -2.49. The molecule has 1 aliphatic rings. The van der Waals surface area contributed by atoms with E-state index in [1.807, 2.05) is 7.05 Å². The van der Waals surface area contributed by atoms with Gasteiger partial charge in [-0.3, -0.25) is 0 Å². The van der Waals surface area contributed by atoms with E-state index in [0.717, 1.165) is 32.0 Å². The topological polar surface area (TPSA) is 6.48 Å². The van der Waals surface area contributed by atoms with Gasteiger partial charge >= 0.3 is 6.18 Å². The van der Waals surface area contributed by atoms with E-state index in [2.05, 4.69) is 4.90 Å². The lowest BCUT2D eigenvalue weighted by Crippen LogP contribution is -2.42. The van der Waals surface area contributed by atoms with Gasteiger partial charge in [-0.05, 0) is 45.1 Å². The number of halogens is 3. The molecule has 1 aromatic rings. The molecule has 1 fully saturated rings.